The molecule has 0 N–H and O–H groups in total. The monoisotopic (exact) mass is 609 g/mol. The van der Waals surface area contributed by atoms with E-state index in [9.17, 15) is 4.79 Å². The minimum atomic E-state index is -2.57. The second-order valence-electron chi connectivity index (χ2n) is 10.4. The van der Waals surface area contributed by atoms with Crippen molar-refractivity contribution in [2.24, 2.45) is 7.05 Å². The Morgan fingerprint density at radius 3 is 2.32 bits per heavy atom. The van der Waals surface area contributed by atoms with Crippen LogP contribution in [0.2, 0.25) is 14.8 Å². The summed E-state index contributed by atoms with van der Waals surface area (Å²) in [6.07, 6.45) is 1.99. The second-order valence-corrected chi connectivity index (χ2v) is 24.0. The zero-order valence-corrected chi connectivity index (χ0v) is 25.5. The molecule has 0 bridgehead atoms. The first kappa shape index (κ1) is 26.8. The number of carbonyl (C=O) groups excluding carboxylic acids is 1. The summed E-state index contributed by atoms with van der Waals surface area (Å²) in [5.74, 6) is 1.33. The Hall–Kier alpha value is -3.21. The number of aryl methyl sites for hydroxylation is 2. The molecule has 2 heterocycles. The summed E-state index contributed by atoms with van der Waals surface area (Å²) < 4.78 is 9.43. The molecule has 0 fully saturated rings. The van der Waals surface area contributed by atoms with Gasteiger partial charge in [-0.25, -0.2) is 4.79 Å². The van der Waals surface area contributed by atoms with Gasteiger partial charge in [0.25, 0.3) is 0 Å². The van der Waals surface area contributed by atoms with Crippen molar-refractivity contribution in [2.45, 2.75) is 41.0 Å². The SMILES string of the molecule is CCCc1nn(C)c(OC(=O)N(C)C)c1Cc1ccc(-c2ccccc2-c2nnn[n]2[Sn]([CH3])([CH3])[CH3])cc1. The van der Waals surface area contributed by atoms with Gasteiger partial charge in [0, 0.05) is 21.1 Å². The van der Waals surface area contributed by atoms with Gasteiger partial charge in [0.1, 0.15) is 0 Å². The van der Waals surface area contributed by atoms with Crippen LogP contribution >= 0.6 is 0 Å². The van der Waals surface area contributed by atoms with Crippen LogP contribution in [-0.2, 0) is 19.9 Å². The van der Waals surface area contributed by atoms with Crippen molar-refractivity contribution in [3.05, 3.63) is 65.4 Å². The molecule has 0 unspecified atom stereocenters. The molecule has 0 aliphatic carbocycles. The predicted molar refractivity (Wildman–Crippen MR) is 147 cm³/mol. The zero-order chi connectivity index (χ0) is 26.7. The van der Waals surface area contributed by atoms with Crippen LogP contribution in [-0.4, -0.2) is 71.9 Å². The summed E-state index contributed by atoms with van der Waals surface area (Å²) in [5.41, 5.74) is 6.24. The second kappa shape index (κ2) is 11.0. The van der Waals surface area contributed by atoms with Crippen LogP contribution in [0.15, 0.2) is 48.5 Å². The van der Waals surface area contributed by atoms with E-state index in [2.05, 4.69) is 81.7 Å². The fourth-order valence-corrected chi connectivity index (χ4v) is 7.43. The van der Waals surface area contributed by atoms with Crippen LogP contribution in [0, 0.1) is 0 Å². The third-order valence-electron chi connectivity index (χ3n) is 6.13. The number of ether oxygens (including phenoxy) is 1. The Balaban J connectivity index is 1.67. The van der Waals surface area contributed by atoms with E-state index >= 15 is 0 Å². The average Bonchev–Trinajstić information content (AvgIpc) is 3.46. The molecule has 4 aromatic rings. The Labute approximate surface area is 222 Å². The van der Waals surface area contributed by atoms with Gasteiger partial charge in [0.2, 0.25) is 0 Å². The number of amides is 1. The van der Waals surface area contributed by atoms with Crippen molar-refractivity contribution >= 4 is 24.7 Å². The summed E-state index contributed by atoms with van der Waals surface area (Å²) in [7, 11) is 5.16. The molecule has 10 heteroatoms. The Kier molecular flexibility index (Phi) is 8.01. The number of hydrogen-bond acceptors (Lipinski definition) is 6. The molecular formula is C27H35N7O2Sn. The molecule has 0 aliphatic rings. The summed E-state index contributed by atoms with van der Waals surface area (Å²) in [6.45, 7) is 2.12. The number of benzene rings is 2. The summed E-state index contributed by atoms with van der Waals surface area (Å²) >= 11 is -2.57. The molecule has 0 saturated heterocycles. The van der Waals surface area contributed by atoms with E-state index in [0.29, 0.717) is 12.3 Å². The number of carbonyl (C=O) groups is 1. The average molecular weight is 608 g/mol. The van der Waals surface area contributed by atoms with E-state index in [-0.39, 0.29) is 0 Å². The number of tetrazole rings is 1. The van der Waals surface area contributed by atoms with E-state index in [1.54, 1.807) is 18.8 Å². The third-order valence-corrected chi connectivity index (χ3v) is 10.6. The van der Waals surface area contributed by atoms with Gasteiger partial charge in [-0.05, 0) is 0 Å². The van der Waals surface area contributed by atoms with Crippen LogP contribution < -0.4 is 4.74 Å². The standard InChI is InChI=1S/C24H26N7O2.3CH3.Sn/c1-5-8-21-20(23(31(4)27-21)33-24(32)30(2)3)15-16-11-13-17(14-12-16)18-9-6-7-10-19(18)22-25-28-29-26-22;;;;/h6-7,9-14H,5,8,15H2,1-4H3;3*1H3;/q-1;;;;+1. The van der Waals surface area contributed by atoms with E-state index in [1.165, 1.54) is 4.90 Å². The van der Waals surface area contributed by atoms with Gasteiger partial charge >= 0.3 is 179 Å². The molecule has 4 rings (SSSR count). The fraction of sp³-hybridized carbons (Fsp3) is 0.370. The Morgan fingerprint density at radius 1 is 1.03 bits per heavy atom. The maximum absolute atomic E-state index is 12.3. The van der Waals surface area contributed by atoms with Gasteiger partial charge in [-0.2, -0.15) is 0 Å². The van der Waals surface area contributed by atoms with E-state index in [1.807, 2.05) is 19.2 Å². The van der Waals surface area contributed by atoms with E-state index < -0.39 is 24.7 Å². The predicted octanol–water partition coefficient (Wildman–Crippen LogP) is 5.03. The van der Waals surface area contributed by atoms with Gasteiger partial charge in [0.15, 0.2) is 0 Å². The molecule has 9 nitrogen and oxygen atoms in total. The molecule has 1 amide bonds. The molecule has 2 aromatic carbocycles. The summed E-state index contributed by atoms with van der Waals surface area (Å²) in [6, 6.07) is 16.8. The molecule has 0 saturated carbocycles. The number of aromatic nitrogens is 6. The van der Waals surface area contributed by atoms with Gasteiger partial charge in [-0.3, -0.25) is 0 Å². The van der Waals surface area contributed by atoms with Gasteiger partial charge < -0.3 is 4.90 Å². The van der Waals surface area contributed by atoms with Gasteiger partial charge in [-0.1, -0.05) is 13.3 Å². The normalized spacial score (nSPS) is 11.5. The molecule has 0 radical (unpaired) electrons. The number of nitrogens with zero attached hydrogens (tertiary/aromatic N) is 7. The topological polar surface area (TPSA) is 91.0 Å². The van der Waals surface area contributed by atoms with E-state index in [4.69, 9.17) is 4.74 Å². The number of rotatable bonds is 8. The van der Waals surface area contributed by atoms with Crippen LogP contribution in [0.4, 0.5) is 4.79 Å². The molecule has 194 valence electrons. The van der Waals surface area contributed by atoms with Crippen molar-refractivity contribution in [2.75, 3.05) is 14.1 Å². The summed E-state index contributed by atoms with van der Waals surface area (Å²) in [4.78, 5) is 20.6. The molecule has 0 atom stereocenters. The first-order chi connectivity index (χ1) is 17.6. The van der Waals surface area contributed by atoms with Crippen LogP contribution in [0.1, 0.15) is 30.2 Å². The van der Waals surface area contributed by atoms with Crippen molar-refractivity contribution in [3.8, 4) is 28.4 Å². The molecule has 0 spiro atoms. The third kappa shape index (κ3) is 5.87. The van der Waals surface area contributed by atoms with Crippen LogP contribution in [0.3, 0.4) is 0 Å². The first-order valence-electron chi connectivity index (χ1n) is 12.5. The van der Waals surface area contributed by atoms with Crippen LogP contribution in [0.25, 0.3) is 22.5 Å². The fourth-order valence-electron chi connectivity index (χ4n) is 4.27. The first-order valence-corrected chi connectivity index (χ1v) is 22.4. The zero-order valence-electron chi connectivity index (χ0n) is 22.7. The van der Waals surface area contributed by atoms with Crippen molar-refractivity contribution in [1.82, 2.24) is 33.1 Å². The quantitative estimate of drug-likeness (QED) is 0.261. The summed E-state index contributed by atoms with van der Waals surface area (Å²) in [5, 5.41) is 17.4. The molecular weight excluding hydrogens is 573 g/mol. The Morgan fingerprint density at radius 2 is 1.70 bits per heavy atom. The molecule has 37 heavy (non-hydrogen) atoms. The number of hydrogen-bond donors (Lipinski definition) is 0. The van der Waals surface area contributed by atoms with Gasteiger partial charge in [-0.15, -0.1) is 0 Å². The maximum atomic E-state index is 12.3. The van der Waals surface area contributed by atoms with Gasteiger partial charge in [0.05, 0.1) is 0 Å². The van der Waals surface area contributed by atoms with Crippen molar-refractivity contribution < 1.29 is 9.53 Å². The van der Waals surface area contributed by atoms with Crippen molar-refractivity contribution in [3.63, 3.8) is 0 Å². The molecule has 0 aliphatic heterocycles. The van der Waals surface area contributed by atoms with Crippen LogP contribution in [0.5, 0.6) is 5.88 Å². The van der Waals surface area contributed by atoms with Crippen molar-refractivity contribution in [1.29, 1.82) is 0 Å². The minimum absolute atomic E-state index is 0.415. The van der Waals surface area contributed by atoms with E-state index in [0.717, 1.165) is 52.2 Å². The molecule has 2 aromatic heterocycles. The Bertz CT molecular complexity index is 1380.